The predicted molar refractivity (Wildman–Crippen MR) is 427 cm³/mol. The largest absolute Gasteiger partial charge is 0.466 e. The molecule has 0 bridgehead atoms. The summed E-state index contributed by atoms with van der Waals surface area (Å²) in [5, 5.41) is 9.40. The number of ether oxygens (including phenoxy) is 1. The van der Waals surface area contributed by atoms with E-state index in [0.29, 0.717) is 98.1 Å². The van der Waals surface area contributed by atoms with E-state index < -0.39 is 11.6 Å². The zero-order chi connectivity index (χ0) is 72.2. The van der Waals surface area contributed by atoms with E-state index in [0.717, 1.165) is 166 Å². The molecule has 2 atom stereocenters. The lowest BCUT2D eigenvalue weighted by molar-refractivity contribution is -0.143. The normalized spacial score (nSPS) is 14.0. The predicted octanol–water partition coefficient (Wildman–Crippen LogP) is 24.9. The van der Waals surface area contributed by atoms with Crippen LogP contribution in [0.4, 0.5) is 8.78 Å². The van der Waals surface area contributed by atoms with Crippen LogP contribution in [-0.2, 0) is 28.8 Å². The number of hydrogen-bond donors (Lipinski definition) is 0. The number of aryl methyl sites for hydroxylation is 8. The second-order valence-corrected chi connectivity index (χ2v) is 34.9. The fourth-order valence-corrected chi connectivity index (χ4v) is 22.1. The maximum atomic E-state index is 17.1. The summed E-state index contributed by atoms with van der Waals surface area (Å²) >= 11 is 7.86. The Morgan fingerprint density at radius 2 is 1.02 bits per heavy atom. The molecule has 536 valence electrons. The van der Waals surface area contributed by atoms with Gasteiger partial charge in [-0.2, -0.15) is 8.75 Å². The van der Waals surface area contributed by atoms with E-state index >= 15 is 8.78 Å². The Morgan fingerprint density at radius 1 is 0.495 bits per heavy atom. The lowest BCUT2D eigenvalue weighted by Crippen LogP contribution is -2.41. The minimum atomic E-state index is -0.876. The molecule has 0 aliphatic carbocycles. The average molecular weight is 1480 g/mol. The number of nitrogens with zero attached hydrogens (tertiary/aromatic N) is 4. The molecule has 0 saturated carbocycles. The van der Waals surface area contributed by atoms with Crippen molar-refractivity contribution in [2.75, 3.05) is 20.2 Å². The standard InChI is InChI=1S/C86H92F2N4O6S5/c1-11-13-26-46(3)30-32-54-60-43-51(8)99-81(60)55(33-31-47(4)27-14-12-2)61-45-66(102-82(54)61)80-50(7)42-64(101-80)74-76(87)77(88)75(79-78(74)89-103-90-79)65-44-53(52(9)100-65)28-22-18-15-16-21-25-39-98-67(93)29-23-19-17-20-24-38-92-85(96)59-37-35-57-68-48(5)40-62-70-58(83(94)91(10)84(62)95)36-34-56(72(68)70)69-49(6)41-63(86(92)97)71(59)73(57)69/h34-37,40-47H,11-33,38-39H2,1-10H3. The van der Waals surface area contributed by atoms with Gasteiger partial charge in [0.25, 0.3) is 23.6 Å². The third-order valence-electron chi connectivity index (χ3n) is 22.3. The number of halogens is 2. The van der Waals surface area contributed by atoms with Crippen LogP contribution in [0.5, 0.6) is 0 Å². The fourth-order valence-electron chi connectivity index (χ4n) is 16.7. The Balaban J connectivity index is 0.537. The van der Waals surface area contributed by atoms with E-state index in [1.54, 1.807) is 6.07 Å². The molecule has 0 saturated heterocycles. The number of benzene rings is 7. The van der Waals surface area contributed by atoms with Gasteiger partial charge in [-0.05, 0) is 229 Å². The quantitative estimate of drug-likeness (QED) is 0.0134. The highest BCUT2D eigenvalue weighted by Gasteiger charge is 2.38. The molecule has 0 radical (unpaired) electrons. The van der Waals surface area contributed by atoms with Gasteiger partial charge in [-0.15, -0.1) is 45.3 Å². The zero-order valence-electron chi connectivity index (χ0n) is 61.1. The van der Waals surface area contributed by atoms with Crippen LogP contribution in [-0.4, -0.2) is 68.3 Å². The average Bonchev–Trinajstić information content (AvgIpc) is 1.59. The number of carbonyl (C=O) groups is 5. The summed E-state index contributed by atoms with van der Waals surface area (Å²) in [6.07, 6.45) is 22.8. The molecule has 2 aliphatic rings. The van der Waals surface area contributed by atoms with Crippen LogP contribution in [0.3, 0.4) is 0 Å². The molecule has 7 heterocycles. The minimum absolute atomic E-state index is 0.186. The van der Waals surface area contributed by atoms with Gasteiger partial charge in [-0.1, -0.05) is 123 Å². The van der Waals surface area contributed by atoms with Crippen LogP contribution in [0.2, 0.25) is 0 Å². The highest BCUT2D eigenvalue weighted by atomic mass is 32.1. The van der Waals surface area contributed by atoms with Crippen LogP contribution in [0.1, 0.15) is 241 Å². The Kier molecular flexibility index (Phi) is 21.5. The van der Waals surface area contributed by atoms with E-state index in [1.807, 2.05) is 79.0 Å². The van der Waals surface area contributed by atoms with Crippen molar-refractivity contribution in [3.05, 3.63) is 138 Å². The number of thiophene rings is 4. The van der Waals surface area contributed by atoms with Crippen molar-refractivity contribution < 1.29 is 37.5 Å². The van der Waals surface area contributed by atoms with Gasteiger partial charge < -0.3 is 4.74 Å². The van der Waals surface area contributed by atoms with Crippen molar-refractivity contribution in [3.63, 3.8) is 0 Å². The van der Waals surface area contributed by atoms with Crippen LogP contribution in [0.25, 0.3) is 105 Å². The van der Waals surface area contributed by atoms with E-state index in [1.165, 1.54) is 119 Å². The number of rotatable bonds is 32. The molecule has 7 aromatic carbocycles. The zero-order valence-corrected chi connectivity index (χ0v) is 65.2. The van der Waals surface area contributed by atoms with Crippen LogP contribution < -0.4 is 0 Å². The lowest BCUT2D eigenvalue weighted by Gasteiger charge is -2.30. The van der Waals surface area contributed by atoms with Gasteiger partial charge in [0, 0.05) is 91.7 Å². The van der Waals surface area contributed by atoms with Gasteiger partial charge in [-0.3, -0.25) is 33.8 Å². The van der Waals surface area contributed by atoms with Gasteiger partial charge >= 0.3 is 5.97 Å². The van der Waals surface area contributed by atoms with Crippen LogP contribution in [0.15, 0.2) is 60.7 Å². The second kappa shape index (κ2) is 30.6. The number of amides is 4. The number of unbranched alkanes of at least 4 members (excludes halogenated alkanes) is 11. The van der Waals surface area contributed by atoms with Gasteiger partial charge in [-0.25, -0.2) is 8.78 Å². The van der Waals surface area contributed by atoms with E-state index in [-0.39, 0.29) is 40.7 Å². The van der Waals surface area contributed by atoms with Gasteiger partial charge in [0.05, 0.1) is 29.5 Å². The Labute approximate surface area is 622 Å². The summed E-state index contributed by atoms with van der Waals surface area (Å²) in [6.45, 7) is 20.4. The number of carbonyl (C=O) groups excluding carboxylic acids is 5. The molecule has 5 aromatic heterocycles. The van der Waals surface area contributed by atoms with Crippen molar-refractivity contribution in [1.29, 1.82) is 0 Å². The number of fused-ring (bicyclic) bond motifs is 5. The van der Waals surface area contributed by atoms with E-state index in [4.69, 9.17) is 4.74 Å². The summed E-state index contributed by atoms with van der Waals surface area (Å²) in [5.74, 6) is -1.91. The Morgan fingerprint density at radius 3 is 1.64 bits per heavy atom. The molecule has 17 heteroatoms. The Hall–Kier alpha value is -7.41. The topological polar surface area (TPSA) is 127 Å². The summed E-state index contributed by atoms with van der Waals surface area (Å²) in [5.41, 5.74) is 10.1. The molecule has 0 spiro atoms. The first kappa shape index (κ1) is 72.5. The summed E-state index contributed by atoms with van der Waals surface area (Å²) in [6, 6.07) is 20.2. The maximum absolute atomic E-state index is 17.1. The first-order valence-corrected chi connectivity index (χ1v) is 41.6. The third kappa shape index (κ3) is 13.6. The first-order chi connectivity index (χ1) is 49.8. The van der Waals surface area contributed by atoms with Crippen LogP contribution >= 0.6 is 57.1 Å². The molecule has 0 N–H and O–H groups in total. The first-order valence-electron chi connectivity index (χ1n) is 37.6. The highest BCUT2D eigenvalue weighted by Crippen LogP contribution is 2.53. The number of hydrogen-bond acceptors (Lipinski definition) is 13. The lowest BCUT2D eigenvalue weighted by atomic mass is 9.79. The molecule has 2 unspecified atom stereocenters. The van der Waals surface area contributed by atoms with Crippen molar-refractivity contribution in [2.24, 2.45) is 11.8 Å². The van der Waals surface area contributed by atoms with Crippen molar-refractivity contribution in [3.8, 4) is 30.6 Å². The molecule has 10 nitrogen and oxygen atoms in total. The van der Waals surface area contributed by atoms with Crippen molar-refractivity contribution >= 4 is 161 Å². The van der Waals surface area contributed by atoms with Crippen molar-refractivity contribution in [1.82, 2.24) is 18.5 Å². The van der Waals surface area contributed by atoms with Crippen LogP contribution in [0, 0.1) is 58.1 Å². The van der Waals surface area contributed by atoms with Gasteiger partial charge in [0.1, 0.15) is 11.0 Å². The smallest absolute Gasteiger partial charge is 0.305 e. The molecule has 2 aliphatic heterocycles. The molecule has 12 aromatic rings. The Bertz CT molecular complexity index is 5270. The summed E-state index contributed by atoms with van der Waals surface area (Å²) in [7, 11) is 1.51. The number of aromatic nitrogens is 2. The van der Waals surface area contributed by atoms with E-state index in [9.17, 15) is 24.0 Å². The number of esters is 1. The van der Waals surface area contributed by atoms with Gasteiger partial charge in [0.15, 0.2) is 11.6 Å². The van der Waals surface area contributed by atoms with Gasteiger partial charge in [0.2, 0.25) is 0 Å². The second-order valence-electron chi connectivity index (χ2n) is 29.7. The monoisotopic (exact) mass is 1470 g/mol. The maximum Gasteiger partial charge on any atom is 0.305 e. The third-order valence-corrected chi connectivity index (χ3v) is 27.7. The molecular weight excluding hydrogens is 1380 g/mol. The molecule has 103 heavy (non-hydrogen) atoms. The molecule has 4 amide bonds. The summed E-state index contributed by atoms with van der Waals surface area (Å²) < 4.78 is 51.8. The molecule has 14 rings (SSSR count). The number of imide groups is 2. The molecular formula is C86H92F2N4O6S5. The summed E-state index contributed by atoms with van der Waals surface area (Å²) in [4.78, 5) is 76.7. The fraction of sp³-hybridized carbons (Fsp3) is 0.430. The molecule has 0 fully saturated rings. The van der Waals surface area contributed by atoms with Crippen molar-refractivity contribution in [2.45, 2.75) is 210 Å². The minimum Gasteiger partial charge on any atom is -0.466 e. The van der Waals surface area contributed by atoms with E-state index in [2.05, 4.69) is 69.3 Å². The highest BCUT2D eigenvalue weighted by molar-refractivity contribution is 7.27. The SMILES string of the molecule is CCCCC(C)CCc1c2cc(-c3sc(-c4c(F)c(F)c(-c5cc(CCCCCCCCOC(=O)CCCCCCCN6C(=O)c7ccc8c9c(C)cc%10c%11c(ccc(c%12c(C)cc(c7c8%12)C6=O)c%119)C(=O)N(C)C%10=O)c(C)s5)c5nsnc45)cc3C)sc2c(CCC(C)CCCC)c2cc(C)sc12.